The number of anilines is 2. The number of nitrogens with one attached hydrogen (secondary N) is 2. The highest BCUT2D eigenvalue weighted by atomic mass is 16.3. The van der Waals surface area contributed by atoms with Crippen LogP contribution >= 0.6 is 0 Å². The molecule has 0 spiro atoms. The van der Waals surface area contributed by atoms with Gasteiger partial charge in [-0.1, -0.05) is 12.1 Å². The first kappa shape index (κ1) is 20.8. The number of carbonyl (C=O) groups excluding carboxylic acids is 1. The second kappa shape index (κ2) is 7.82. The molecule has 0 saturated heterocycles. The molecule has 4 heterocycles. The van der Waals surface area contributed by atoms with E-state index in [1.165, 1.54) is 6.33 Å². The Kier molecular flexibility index (Phi) is 4.94. The Hall–Kier alpha value is -4.05. The van der Waals surface area contributed by atoms with E-state index in [4.69, 9.17) is 0 Å². The van der Waals surface area contributed by atoms with Crippen molar-refractivity contribution >= 4 is 23.2 Å². The third-order valence-electron chi connectivity index (χ3n) is 5.77. The largest absolute Gasteiger partial charge is 0.386 e. The number of fused-ring (bicyclic) bond motifs is 2. The summed E-state index contributed by atoms with van der Waals surface area (Å²) in [6.07, 6.45) is 3.69. The average molecular weight is 445 g/mol. The lowest BCUT2D eigenvalue weighted by molar-refractivity contribution is 0.0785. The average Bonchev–Trinajstić information content (AvgIpc) is 3.27. The predicted octanol–water partition coefficient (Wildman–Crippen LogP) is 1.85. The molecule has 5 rings (SSSR count). The van der Waals surface area contributed by atoms with Gasteiger partial charge in [0.05, 0.1) is 35.9 Å². The lowest BCUT2D eigenvalue weighted by Crippen LogP contribution is -2.36. The summed E-state index contributed by atoms with van der Waals surface area (Å²) in [5.74, 6) is 0.774. The molecule has 1 aliphatic rings. The van der Waals surface area contributed by atoms with Crippen molar-refractivity contribution in [3.8, 4) is 0 Å². The Labute approximate surface area is 188 Å². The lowest BCUT2D eigenvalue weighted by atomic mass is 9.97. The Morgan fingerprint density at radius 1 is 1.21 bits per heavy atom. The van der Waals surface area contributed by atoms with E-state index in [0.717, 1.165) is 11.3 Å². The van der Waals surface area contributed by atoms with E-state index in [9.17, 15) is 14.7 Å². The lowest BCUT2D eigenvalue weighted by Gasteiger charge is -2.29. The van der Waals surface area contributed by atoms with Crippen LogP contribution in [0.1, 0.15) is 41.0 Å². The number of aromatic nitrogens is 5. The van der Waals surface area contributed by atoms with Gasteiger partial charge in [-0.05, 0) is 31.5 Å². The summed E-state index contributed by atoms with van der Waals surface area (Å²) in [6.45, 7) is 4.41. The molecule has 1 aromatic carbocycles. The van der Waals surface area contributed by atoms with Crippen LogP contribution in [0.4, 0.5) is 11.6 Å². The van der Waals surface area contributed by atoms with Gasteiger partial charge in [0.25, 0.3) is 11.5 Å². The number of H-pyrrole nitrogens is 1. The molecule has 10 nitrogen and oxygen atoms in total. The summed E-state index contributed by atoms with van der Waals surface area (Å²) in [7, 11) is 0. The first-order valence-corrected chi connectivity index (χ1v) is 10.6. The quantitative estimate of drug-likeness (QED) is 0.437. The third kappa shape index (κ3) is 3.96. The topological polar surface area (TPSA) is 129 Å². The Balaban J connectivity index is 1.44. The van der Waals surface area contributed by atoms with Crippen LogP contribution in [-0.4, -0.2) is 42.1 Å². The van der Waals surface area contributed by atoms with Gasteiger partial charge in [-0.2, -0.15) is 9.61 Å². The van der Waals surface area contributed by atoms with Crippen LogP contribution in [-0.2, 0) is 18.6 Å². The van der Waals surface area contributed by atoms with Crippen molar-refractivity contribution in [1.29, 1.82) is 0 Å². The van der Waals surface area contributed by atoms with Crippen molar-refractivity contribution in [2.75, 3.05) is 16.8 Å². The number of rotatable bonds is 4. The molecule has 168 valence electrons. The molecular weight excluding hydrogens is 422 g/mol. The van der Waals surface area contributed by atoms with Crippen LogP contribution < -0.4 is 15.8 Å². The molecule has 1 amide bonds. The summed E-state index contributed by atoms with van der Waals surface area (Å²) < 4.78 is 1.68. The number of carbonyl (C=O) groups is 1. The first-order chi connectivity index (χ1) is 15.8. The maximum absolute atomic E-state index is 12.8. The molecule has 0 unspecified atom stereocenters. The second-order valence-electron chi connectivity index (χ2n) is 8.52. The van der Waals surface area contributed by atoms with Crippen LogP contribution in [0, 0.1) is 0 Å². The molecule has 0 fully saturated rings. The van der Waals surface area contributed by atoms with Crippen molar-refractivity contribution in [3.63, 3.8) is 0 Å². The van der Waals surface area contributed by atoms with E-state index in [1.54, 1.807) is 61.0 Å². The molecule has 0 radical (unpaired) electrons. The zero-order valence-corrected chi connectivity index (χ0v) is 18.2. The van der Waals surface area contributed by atoms with E-state index in [0.29, 0.717) is 47.9 Å². The van der Waals surface area contributed by atoms with Crippen LogP contribution in [0.3, 0.4) is 0 Å². The van der Waals surface area contributed by atoms with Crippen LogP contribution in [0.15, 0.2) is 53.7 Å². The standard InChI is InChI=1S/C23H23N7O3/c1-23(2,33)15-5-3-14(4-6-15)21(31)28-18-11-20(30-19(27-18)7-9-26-30)29-10-8-17-16(12-29)22(32)25-13-24-17/h3-7,9,11,13,33H,8,10,12H2,1-2H3,(H,24,25,32)(H,27,28,31). The van der Waals surface area contributed by atoms with Gasteiger partial charge >= 0.3 is 0 Å². The van der Waals surface area contributed by atoms with Crippen molar-refractivity contribution in [2.45, 2.75) is 32.4 Å². The number of hydrogen-bond donors (Lipinski definition) is 3. The minimum Gasteiger partial charge on any atom is -0.386 e. The fourth-order valence-corrected chi connectivity index (χ4v) is 3.95. The van der Waals surface area contributed by atoms with Crippen LogP contribution in [0.2, 0.25) is 0 Å². The van der Waals surface area contributed by atoms with Crippen molar-refractivity contribution in [1.82, 2.24) is 24.6 Å². The van der Waals surface area contributed by atoms with Gasteiger partial charge in [0, 0.05) is 30.7 Å². The zero-order valence-electron chi connectivity index (χ0n) is 18.2. The van der Waals surface area contributed by atoms with E-state index >= 15 is 0 Å². The highest BCUT2D eigenvalue weighted by Gasteiger charge is 2.23. The normalized spacial score (nSPS) is 13.7. The summed E-state index contributed by atoms with van der Waals surface area (Å²) in [5, 5.41) is 17.3. The summed E-state index contributed by atoms with van der Waals surface area (Å²) in [4.78, 5) is 38.6. The molecule has 1 aliphatic heterocycles. The zero-order chi connectivity index (χ0) is 23.2. The molecule has 10 heteroatoms. The molecule has 33 heavy (non-hydrogen) atoms. The Morgan fingerprint density at radius 3 is 2.76 bits per heavy atom. The smallest absolute Gasteiger partial charge is 0.256 e. The molecule has 0 atom stereocenters. The highest BCUT2D eigenvalue weighted by molar-refractivity contribution is 6.04. The minimum atomic E-state index is -0.983. The van der Waals surface area contributed by atoms with Gasteiger partial charge in [-0.15, -0.1) is 0 Å². The summed E-state index contributed by atoms with van der Waals surface area (Å²) >= 11 is 0. The number of hydrogen-bond acceptors (Lipinski definition) is 7. The molecule has 0 bridgehead atoms. The van der Waals surface area contributed by atoms with Crippen molar-refractivity contribution in [2.24, 2.45) is 0 Å². The van der Waals surface area contributed by atoms with Crippen molar-refractivity contribution < 1.29 is 9.90 Å². The summed E-state index contributed by atoms with van der Waals surface area (Å²) in [5.41, 5.74) is 2.02. The SMILES string of the molecule is CC(C)(O)c1ccc(C(=O)Nc2cc(N3CCc4nc[nH]c(=O)c4C3)n3nccc3n2)cc1. The van der Waals surface area contributed by atoms with Crippen LogP contribution in [0.25, 0.3) is 5.65 Å². The minimum absolute atomic E-state index is 0.154. The molecular formula is C23H23N7O3. The highest BCUT2D eigenvalue weighted by Crippen LogP contribution is 2.25. The monoisotopic (exact) mass is 445 g/mol. The van der Waals surface area contributed by atoms with Gasteiger partial charge in [0.15, 0.2) is 5.65 Å². The molecule has 3 aromatic heterocycles. The molecule has 0 saturated carbocycles. The van der Waals surface area contributed by atoms with E-state index < -0.39 is 5.60 Å². The van der Waals surface area contributed by atoms with Gasteiger partial charge in [-0.3, -0.25) is 9.59 Å². The Morgan fingerprint density at radius 2 is 2.00 bits per heavy atom. The fraction of sp³-hybridized carbons (Fsp3) is 0.261. The summed E-state index contributed by atoms with van der Waals surface area (Å²) in [6, 6.07) is 10.3. The van der Waals surface area contributed by atoms with Crippen LogP contribution in [0.5, 0.6) is 0 Å². The second-order valence-corrected chi connectivity index (χ2v) is 8.52. The Bertz CT molecular complexity index is 1400. The maximum atomic E-state index is 12.8. The van der Waals surface area contributed by atoms with Gasteiger partial charge in [0.1, 0.15) is 11.6 Å². The van der Waals surface area contributed by atoms with E-state index in [-0.39, 0.29) is 11.5 Å². The molecule has 4 aromatic rings. The molecule has 3 N–H and O–H groups in total. The fourth-order valence-electron chi connectivity index (χ4n) is 3.95. The predicted molar refractivity (Wildman–Crippen MR) is 122 cm³/mol. The maximum Gasteiger partial charge on any atom is 0.256 e. The number of benzene rings is 1. The third-order valence-corrected chi connectivity index (χ3v) is 5.77. The first-order valence-electron chi connectivity index (χ1n) is 10.6. The van der Waals surface area contributed by atoms with Gasteiger partial charge in [0.2, 0.25) is 0 Å². The van der Waals surface area contributed by atoms with Gasteiger partial charge < -0.3 is 20.3 Å². The number of amides is 1. The number of aromatic amines is 1. The van der Waals surface area contributed by atoms with Gasteiger partial charge in [-0.25, -0.2) is 9.97 Å². The number of nitrogens with zero attached hydrogens (tertiary/aromatic N) is 5. The number of aliphatic hydroxyl groups is 1. The molecule has 0 aliphatic carbocycles. The van der Waals surface area contributed by atoms with Crippen molar-refractivity contribution in [3.05, 3.63) is 81.7 Å². The van der Waals surface area contributed by atoms with E-state index in [1.807, 2.05) is 4.90 Å². The van der Waals surface area contributed by atoms with E-state index in [2.05, 4.69) is 25.4 Å².